The van der Waals surface area contributed by atoms with Gasteiger partial charge in [0.15, 0.2) is 8.32 Å². The SMILES string of the molecule is Cc1ccc2c(c1)C[C@@]13CC[C@]4(C)[C@@H](O[Si](C)(C)C(C)(C)C)CC[C@H]4[C@]1(CC2)O3. The second kappa shape index (κ2) is 5.98. The summed E-state index contributed by atoms with van der Waals surface area (Å²) in [6, 6.07) is 7.10. The number of hydrogen-bond donors (Lipinski definition) is 0. The van der Waals surface area contributed by atoms with Crippen LogP contribution in [0.5, 0.6) is 0 Å². The molecular formula is C26H40O2Si. The average molecular weight is 413 g/mol. The van der Waals surface area contributed by atoms with Crippen molar-refractivity contribution in [2.75, 3.05) is 0 Å². The lowest BCUT2D eigenvalue weighted by atomic mass is 9.58. The van der Waals surface area contributed by atoms with Crippen LogP contribution in [0.1, 0.15) is 76.5 Å². The van der Waals surface area contributed by atoms with Crippen molar-refractivity contribution >= 4 is 8.32 Å². The van der Waals surface area contributed by atoms with E-state index in [0.29, 0.717) is 12.0 Å². The number of fused-ring (bicyclic) bond motifs is 2. The van der Waals surface area contributed by atoms with E-state index in [0.717, 1.165) is 6.42 Å². The van der Waals surface area contributed by atoms with Gasteiger partial charge in [0.25, 0.3) is 0 Å². The smallest absolute Gasteiger partial charge is 0.192 e. The predicted molar refractivity (Wildman–Crippen MR) is 122 cm³/mol. The molecule has 0 unspecified atom stereocenters. The predicted octanol–water partition coefficient (Wildman–Crippen LogP) is 6.59. The largest absolute Gasteiger partial charge is 0.413 e. The second-order valence-electron chi connectivity index (χ2n) is 12.4. The molecule has 1 aromatic rings. The van der Waals surface area contributed by atoms with Crippen LogP contribution in [0.2, 0.25) is 18.1 Å². The first-order valence-corrected chi connectivity index (χ1v) is 14.8. The molecule has 0 spiro atoms. The van der Waals surface area contributed by atoms with E-state index in [1.54, 1.807) is 11.1 Å². The fraction of sp³-hybridized carbons (Fsp3) is 0.769. The van der Waals surface area contributed by atoms with Crippen LogP contribution in [0, 0.1) is 18.3 Å². The fourth-order valence-corrected chi connectivity index (χ4v) is 8.44. The molecule has 0 bridgehead atoms. The van der Waals surface area contributed by atoms with Crippen LogP contribution in [0.15, 0.2) is 18.2 Å². The van der Waals surface area contributed by atoms with Gasteiger partial charge >= 0.3 is 0 Å². The molecule has 1 heterocycles. The van der Waals surface area contributed by atoms with Crippen molar-refractivity contribution in [3.63, 3.8) is 0 Å². The number of rotatable bonds is 2. The van der Waals surface area contributed by atoms with Crippen molar-refractivity contribution in [3.8, 4) is 0 Å². The molecule has 29 heavy (non-hydrogen) atoms. The molecule has 160 valence electrons. The van der Waals surface area contributed by atoms with Gasteiger partial charge in [-0.3, -0.25) is 0 Å². The van der Waals surface area contributed by atoms with E-state index in [-0.39, 0.29) is 21.7 Å². The minimum atomic E-state index is -1.76. The summed E-state index contributed by atoms with van der Waals surface area (Å²) in [4.78, 5) is 0. The van der Waals surface area contributed by atoms with Crippen LogP contribution in [0.3, 0.4) is 0 Å². The minimum Gasteiger partial charge on any atom is -0.413 e. The Labute approximate surface area is 178 Å². The first kappa shape index (κ1) is 20.3. The highest BCUT2D eigenvalue weighted by atomic mass is 28.4. The summed E-state index contributed by atoms with van der Waals surface area (Å²) in [5.41, 5.74) is 5.02. The summed E-state index contributed by atoms with van der Waals surface area (Å²) >= 11 is 0. The molecule has 5 rings (SSSR count). The molecule has 0 aromatic heterocycles. The van der Waals surface area contributed by atoms with E-state index in [1.165, 1.54) is 44.1 Å². The standard InChI is InChI=1S/C26H40O2Si/c1-18-8-9-19-12-13-26-21-10-11-22(27-29(6,7)23(2,3)4)24(21,5)14-15-25(26,28-26)17-20(19)16-18/h8-9,16,21-22H,10-15,17H2,1-7H3/t21-,22+,24+,25+,26+/m1/s1. The van der Waals surface area contributed by atoms with E-state index in [2.05, 4.69) is 65.9 Å². The van der Waals surface area contributed by atoms with E-state index in [9.17, 15) is 0 Å². The maximum absolute atomic E-state index is 7.07. The molecule has 4 aliphatic rings. The highest BCUT2D eigenvalue weighted by Gasteiger charge is 2.79. The maximum atomic E-state index is 7.07. The normalized spacial score (nSPS) is 41.1. The van der Waals surface area contributed by atoms with Crippen LogP contribution >= 0.6 is 0 Å². The summed E-state index contributed by atoms with van der Waals surface area (Å²) in [5, 5.41) is 0.274. The fourth-order valence-electron chi connectivity index (χ4n) is 6.99. The zero-order valence-corrected chi connectivity index (χ0v) is 20.7. The molecule has 1 aliphatic heterocycles. The Morgan fingerprint density at radius 2 is 1.83 bits per heavy atom. The molecule has 2 nitrogen and oxygen atoms in total. The molecule has 0 amide bonds. The number of hydrogen-bond acceptors (Lipinski definition) is 2. The molecule has 2 saturated carbocycles. The second-order valence-corrected chi connectivity index (χ2v) is 17.2. The van der Waals surface area contributed by atoms with Crippen molar-refractivity contribution in [1.82, 2.24) is 0 Å². The van der Waals surface area contributed by atoms with Crippen LogP contribution < -0.4 is 0 Å². The first-order valence-electron chi connectivity index (χ1n) is 11.9. The monoisotopic (exact) mass is 412 g/mol. The molecular weight excluding hydrogens is 372 g/mol. The van der Waals surface area contributed by atoms with Gasteiger partial charge in [-0.25, -0.2) is 0 Å². The molecule has 0 N–H and O–H groups in total. The lowest BCUT2D eigenvalue weighted by molar-refractivity contribution is -0.000249. The van der Waals surface area contributed by atoms with Crippen LogP contribution in [-0.2, 0) is 22.0 Å². The highest BCUT2D eigenvalue weighted by Crippen LogP contribution is 2.73. The van der Waals surface area contributed by atoms with Crippen molar-refractivity contribution in [1.29, 1.82) is 0 Å². The summed E-state index contributed by atoms with van der Waals surface area (Å²) in [6.45, 7) is 16.7. The van der Waals surface area contributed by atoms with Gasteiger partial charge in [-0.15, -0.1) is 0 Å². The van der Waals surface area contributed by atoms with Crippen molar-refractivity contribution in [2.24, 2.45) is 11.3 Å². The third-order valence-corrected chi connectivity index (χ3v) is 14.3. The zero-order chi connectivity index (χ0) is 20.9. The Hall–Kier alpha value is -0.643. The topological polar surface area (TPSA) is 21.8 Å². The van der Waals surface area contributed by atoms with Gasteiger partial charge < -0.3 is 9.16 Å². The Bertz CT molecular complexity index is 840. The Kier molecular flexibility index (Phi) is 4.18. The lowest BCUT2D eigenvalue weighted by Gasteiger charge is -2.48. The third-order valence-electron chi connectivity index (χ3n) is 9.83. The molecule has 5 atom stereocenters. The molecule has 1 saturated heterocycles. The van der Waals surface area contributed by atoms with E-state index in [4.69, 9.17) is 9.16 Å². The molecule has 3 heteroatoms. The van der Waals surface area contributed by atoms with Crippen molar-refractivity contribution < 1.29 is 9.16 Å². The lowest BCUT2D eigenvalue weighted by Crippen LogP contribution is -2.53. The third kappa shape index (κ3) is 2.72. The van der Waals surface area contributed by atoms with Crippen LogP contribution in [0.25, 0.3) is 0 Å². The Morgan fingerprint density at radius 1 is 1.07 bits per heavy atom. The van der Waals surface area contributed by atoms with Crippen molar-refractivity contribution in [3.05, 3.63) is 34.9 Å². The number of epoxide rings is 1. The molecule has 1 aromatic carbocycles. The quantitative estimate of drug-likeness (QED) is 0.403. The van der Waals surface area contributed by atoms with Gasteiger partial charge in [-0.1, -0.05) is 51.5 Å². The summed E-state index contributed by atoms with van der Waals surface area (Å²) < 4.78 is 13.9. The van der Waals surface area contributed by atoms with Gasteiger partial charge in [-0.05, 0) is 86.0 Å². The summed E-state index contributed by atoms with van der Waals surface area (Å²) in [7, 11) is -1.76. The highest BCUT2D eigenvalue weighted by molar-refractivity contribution is 6.74. The minimum absolute atomic E-state index is 0.110. The Balaban J connectivity index is 1.44. The summed E-state index contributed by atoms with van der Waals surface area (Å²) in [5.74, 6) is 0.661. The van der Waals surface area contributed by atoms with Gasteiger partial charge in [0, 0.05) is 6.42 Å². The van der Waals surface area contributed by atoms with Gasteiger partial charge in [0.2, 0.25) is 0 Å². The van der Waals surface area contributed by atoms with Crippen molar-refractivity contribution in [2.45, 2.75) is 115 Å². The molecule has 0 radical (unpaired) electrons. The van der Waals surface area contributed by atoms with E-state index >= 15 is 0 Å². The number of benzene rings is 1. The van der Waals surface area contributed by atoms with E-state index in [1.807, 2.05) is 0 Å². The maximum Gasteiger partial charge on any atom is 0.192 e. The average Bonchev–Trinajstić information content (AvgIpc) is 3.17. The zero-order valence-electron chi connectivity index (χ0n) is 19.7. The first-order chi connectivity index (χ1) is 13.4. The number of ether oxygens (including phenoxy) is 1. The summed E-state index contributed by atoms with van der Waals surface area (Å²) in [6.07, 6.45) is 8.91. The molecule has 3 aliphatic carbocycles. The number of aryl methyl sites for hydroxylation is 2. The Morgan fingerprint density at radius 3 is 2.55 bits per heavy atom. The van der Waals surface area contributed by atoms with Crippen LogP contribution in [0.4, 0.5) is 0 Å². The van der Waals surface area contributed by atoms with Crippen LogP contribution in [-0.4, -0.2) is 25.6 Å². The van der Waals surface area contributed by atoms with E-state index < -0.39 is 8.32 Å². The molecule has 3 fully saturated rings. The van der Waals surface area contributed by atoms with Gasteiger partial charge in [-0.2, -0.15) is 0 Å². The van der Waals surface area contributed by atoms with Gasteiger partial charge in [0.05, 0.1) is 6.10 Å². The van der Waals surface area contributed by atoms with Gasteiger partial charge in [0.1, 0.15) is 11.2 Å².